The Balaban J connectivity index is 0.00000256. The summed E-state index contributed by atoms with van der Waals surface area (Å²) in [6.07, 6.45) is 4.20. The number of benzene rings is 2. The Bertz CT molecular complexity index is 899. The van der Waals surface area contributed by atoms with Crippen LogP contribution < -0.4 is 19.1 Å². The zero-order valence-electron chi connectivity index (χ0n) is 17.1. The van der Waals surface area contributed by atoms with Crippen LogP contribution in [0.15, 0.2) is 47.5 Å². The van der Waals surface area contributed by atoms with E-state index >= 15 is 0 Å². The number of ether oxygens (including phenoxy) is 3. The average molecular weight is 475 g/mol. The predicted molar refractivity (Wildman–Crippen MR) is 123 cm³/mol. The van der Waals surface area contributed by atoms with Crippen molar-refractivity contribution in [1.82, 2.24) is 0 Å². The van der Waals surface area contributed by atoms with Gasteiger partial charge in [-0.15, -0.1) is 17.0 Å². The molecule has 0 unspecified atom stereocenters. The molecule has 0 saturated carbocycles. The summed E-state index contributed by atoms with van der Waals surface area (Å²) in [7, 11) is 0. The molecule has 2 aliphatic rings. The zero-order chi connectivity index (χ0) is 20.1. The number of hydrogen-bond acceptors (Lipinski definition) is 6. The quantitative estimate of drug-likeness (QED) is 0.547. The summed E-state index contributed by atoms with van der Waals surface area (Å²) in [5, 5.41) is 0. The third-order valence-electron chi connectivity index (χ3n) is 5.12. The lowest BCUT2D eigenvalue weighted by molar-refractivity contribution is 0.100. The largest absolute Gasteiger partial charge is 0.494 e. The molecule has 0 spiro atoms. The summed E-state index contributed by atoms with van der Waals surface area (Å²) in [4.78, 5) is 19.9. The normalized spacial score (nSPS) is 14.9. The van der Waals surface area contributed by atoms with Crippen LogP contribution in [0.5, 0.6) is 17.2 Å². The van der Waals surface area contributed by atoms with Crippen LogP contribution >= 0.6 is 17.0 Å². The molecule has 0 bridgehead atoms. The molecule has 6 nitrogen and oxygen atoms in total. The highest BCUT2D eigenvalue weighted by Crippen LogP contribution is 2.36. The molecule has 0 saturated heterocycles. The monoisotopic (exact) mass is 474 g/mol. The van der Waals surface area contributed by atoms with Crippen molar-refractivity contribution in [3.63, 3.8) is 0 Å². The zero-order valence-corrected chi connectivity index (χ0v) is 18.8. The fourth-order valence-corrected chi connectivity index (χ4v) is 3.60. The van der Waals surface area contributed by atoms with Gasteiger partial charge in [-0.3, -0.25) is 9.79 Å². The molecule has 0 atom stereocenters. The van der Waals surface area contributed by atoms with E-state index in [0.29, 0.717) is 17.9 Å². The molecule has 0 N–H and O–H groups in total. The lowest BCUT2D eigenvalue weighted by Crippen LogP contribution is -2.36. The van der Waals surface area contributed by atoms with Gasteiger partial charge in [0.25, 0.3) is 0 Å². The summed E-state index contributed by atoms with van der Waals surface area (Å²) in [6, 6.07) is 13.1. The first-order valence-electron chi connectivity index (χ1n) is 10.2. The number of fused-ring (bicyclic) bond motifs is 1. The number of Topliss-reactive ketones (excluding diaryl/α,β-unsaturated/α-hetero) is 1. The Morgan fingerprint density at radius 1 is 1.07 bits per heavy atom. The van der Waals surface area contributed by atoms with E-state index in [1.165, 1.54) is 0 Å². The first-order chi connectivity index (χ1) is 14.2. The summed E-state index contributed by atoms with van der Waals surface area (Å²) >= 11 is 0. The van der Waals surface area contributed by atoms with E-state index in [0.717, 1.165) is 55.3 Å². The third-order valence-corrected chi connectivity index (χ3v) is 5.12. The smallest absolute Gasteiger partial charge is 0.231 e. The van der Waals surface area contributed by atoms with E-state index in [-0.39, 0.29) is 36.1 Å². The lowest BCUT2D eigenvalue weighted by Gasteiger charge is -2.26. The van der Waals surface area contributed by atoms with Crippen molar-refractivity contribution in [2.75, 3.05) is 31.4 Å². The van der Waals surface area contributed by atoms with Gasteiger partial charge in [-0.1, -0.05) is 6.42 Å². The number of amidine groups is 1. The Morgan fingerprint density at radius 2 is 1.87 bits per heavy atom. The second-order valence-corrected chi connectivity index (χ2v) is 7.11. The Hall–Kier alpha value is -2.54. The molecule has 0 amide bonds. The number of rotatable bonds is 6. The molecule has 2 aromatic rings. The van der Waals surface area contributed by atoms with Crippen LogP contribution in [0.1, 0.15) is 43.0 Å². The van der Waals surface area contributed by atoms with Gasteiger partial charge in [-0.05, 0) is 56.2 Å². The molecule has 160 valence electrons. The number of anilines is 1. The van der Waals surface area contributed by atoms with Crippen molar-refractivity contribution in [3.05, 3.63) is 48.0 Å². The van der Waals surface area contributed by atoms with Gasteiger partial charge in [0.15, 0.2) is 17.3 Å². The van der Waals surface area contributed by atoms with Crippen molar-refractivity contribution in [3.8, 4) is 17.2 Å². The van der Waals surface area contributed by atoms with Gasteiger partial charge in [-0.2, -0.15) is 0 Å². The van der Waals surface area contributed by atoms with Crippen molar-refractivity contribution in [1.29, 1.82) is 0 Å². The van der Waals surface area contributed by atoms with Gasteiger partial charge in [-0.25, -0.2) is 0 Å². The molecule has 2 heterocycles. The molecule has 0 aromatic heterocycles. The fraction of sp³-hybridized carbons (Fsp3) is 0.391. The van der Waals surface area contributed by atoms with Crippen LogP contribution in [-0.4, -0.2) is 38.1 Å². The van der Waals surface area contributed by atoms with Crippen molar-refractivity contribution < 1.29 is 19.0 Å². The molecule has 2 aromatic carbocycles. The predicted octanol–water partition coefficient (Wildman–Crippen LogP) is 5.05. The van der Waals surface area contributed by atoms with Gasteiger partial charge in [0.1, 0.15) is 11.6 Å². The summed E-state index contributed by atoms with van der Waals surface area (Å²) in [6.45, 7) is 3.80. The Kier molecular flexibility index (Phi) is 7.74. The summed E-state index contributed by atoms with van der Waals surface area (Å²) in [5.41, 5.74) is 1.56. The number of hydrogen-bond donors (Lipinski definition) is 0. The molecular formula is C23H27BrN2O4. The average Bonchev–Trinajstić information content (AvgIpc) is 3.05. The number of aliphatic imine (C=N–C) groups is 1. The van der Waals surface area contributed by atoms with Gasteiger partial charge in [0, 0.05) is 30.3 Å². The Labute approximate surface area is 187 Å². The minimum absolute atomic E-state index is 0. The van der Waals surface area contributed by atoms with Gasteiger partial charge >= 0.3 is 0 Å². The number of carbonyl (C=O) groups is 1. The van der Waals surface area contributed by atoms with Gasteiger partial charge in [0.05, 0.1) is 13.2 Å². The highest BCUT2D eigenvalue weighted by Gasteiger charge is 2.22. The number of nitrogens with zero attached hydrogens (tertiary/aromatic N) is 2. The molecule has 0 radical (unpaired) electrons. The molecule has 0 fully saturated rings. The van der Waals surface area contributed by atoms with Crippen LogP contribution in [0.2, 0.25) is 0 Å². The van der Waals surface area contributed by atoms with E-state index in [1.807, 2.05) is 54.3 Å². The maximum atomic E-state index is 13.1. The van der Waals surface area contributed by atoms with Crippen molar-refractivity contribution in [2.45, 2.75) is 32.6 Å². The van der Waals surface area contributed by atoms with E-state index in [1.54, 1.807) is 0 Å². The molecule has 30 heavy (non-hydrogen) atoms. The van der Waals surface area contributed by atoms with Crippen LogP contribution in [0.3, 0.4) is 0 Å². The Morgan fingerprint density at radius 3 is 2.67 bits per heavy atom. The first kappa shape index (κ1) is 22.2. The van der Waals surface area contributed by atoms with E-state index < -0.39 is 0 Å². The van der Waals surface area contributed by atoms with E-state index in [2.05, 4.69) is 0 Å². The highest BCUT2D eigenvalue weighted by atomic mass is 79.9. The molecule has 0 aliphatic carbocycles. The SMILES string of the molecule is Br.CCOc1ccc(C(=O)CN(C2=NCCCCC2)c2ccc3c(c2)OCO3)cc1. The van der Waals surface area contributed by atoms with Gasteiger partial charge in [0.2, 0.25) is 6.79 Å². The maximum absolute atomic E-state index is 13.1. The highest BCUT2D eigenvalue weighted by molar-refractivity contribution is 8.93. The van der Waals surface area contributed by atoms with E-state index in [4.69, 9.17) is 19.2 Å². The van der Waals surface area contributed by atoms with E-state index in [9.17, 15) is 4.79 Å². The maximum Gasteiger partial charge on any atom is 0.231 e. The standard InChI is InChI=1S/C23H26N2O4.BrH/c1-2-27-19-10-7-17(8-11-19)20(26)15-25(23-6-4-3-5-13-24-23)18-9-12-21-22(14-18)29-16-28-21;/h7-12,14H,2-6,13,15-16H2,1H3;1H. The molecule has 4 rings (SSSR count). The van der Waals surface area contributed by atoms with Crippen LogP contribution in [0, 0.1) is 0 Å². The minimum Gasteiger partial charge on any atom is -0.494 e. The number of carbonyl (C=O) groups excluding carboxylic acids is 1. The second-order valence-electron chi connectivity index (χ2n) is 7.11. The van der Waals surface area contributed by atoms with Crippen LogP contribution in [-0.2, 0) is 0 Å². The fourth-order valence-electron chi connectivity index (χ4n) is 3.60. The minimum atomic E-state index is 0. The lowest BCUT2D eigenvalue weighted by atomic mass is 10.1. The summed E-state index contributed by atoms with van der Waals surface area (Å²) < 4.78 is 16.4. The van der Waals surface area contributed by atoms with Crippen molar-refractivity contribution >= 4 is 34.3 Å². The van der Waals surface area contributed by atoms with Crippen LogP contribution in [0.25, 0.3) is 0 Å². The first-order valence-corrected chi connectivity index (χ1v) is 10.2. The third kappa shape index (κ3) is 5.14. The summed E-state index contributed by atoms with van der Waals surface area (Å²) in [5.74, 6) is 3.20. The van der Waals surface area contributed by atoms with Crippen LogP contribution in [0.4, 0.5) is 5.69 Å². The number of ketones is 1. The molecule has 2 aliphatic heterocycles. The van der Waals surface area contributed by atoms with Gasteiger partial charge < -0.3 is 19.1 Å². The molecule has 7 heteroatoms. The van der Waals surface area contributed by atoms with Crippen molar-refractivity contribution in [2.24, 2.45) is 4.99 Å². The number of halogens is 1. The molecular weight excluding hydrogens is 448 g/mol. The second kappa shape index (κ2) is 10.5. The topological polar surface area (TPSA) is 60.4 Å².